The van der Waals surface area contributed by atoms with E-state index in [1.807, 2.05) is 0 Å². The summed E-state index contributed by atoms with van der Waals surface area (Å²) in [7, 11) is 0. The Kier molecular flexibility index (Phi) is 5.74. The van der Waals surface area contributed by atoms with Gasteiger partial charge in [-0.05, 0) is 12.5 Å². The first-order valence-electron chi connectivity index (χ1n) is 7.37. The molecular formula is C14H22N4O3. The topological polar surface area (TPSA) is 67.7 Å². The third-order valence-corrected chi connectivity index (χ3v) is 3.47. The molecule has 7 nitrogen and oxygen atoms in total. The average molecular weight is 294 g/mol. The van der Waals surface area contributed by atoms with Crippen molar-refractivity contribution in [2.45, 2.75) is 26.4 Å². The molecule has 0 radical (unpaired) electrons. The van der Waals surface area contributed by atoms with Crippen LogP contribution in [-0.4, -0.2) is 58.5 Å². The lowest BCUT2D eigenvalue weighted by molar-refractivity contribution is 0.0652. The van der Waals surface area contributed by atoms with Gasteiger partial charge in [0.05, 0.1) is 13.3 Å². The van der Waals surface area contributed by atoms with Gasteiger partial charge in [0.15, 0.2) is 0 Å². The van der Waals surface area contributed by atoms with Crippen LogP contribution >= 0.6 is 0 Å². The van der Waals surface area contributed by atoms with Gasteiger partial charge in [0.25, 0.3) is 5.56 Å². The summed E-state index contributed by atoms with van der Waals surface area (Å²) in [6.07, 6.45) is 3.27. The molecule has 1 fully saturated rings. The molecule has 1 amide bonds. The highest BCUT2D eigenvalue weighted by Crippen LogP contribution is 2.05. The van der Waals surface area contributed by atoms with Gasteiger partial charge in [-0.1, -0.05) is 13.3 Å². The number of nitrogens with zero attached hydrogens (tertiary/aromatic N) is 4. The molecule has 116 valence electrons. The number of rotatable bonds is 5. The maximum atomic E-state index is 11.8. The number of hydrogen-bond donors (Lipinski definition) is 0. The molecule has 2 rings (SSSR count). The molecule has 21 heavy (non-hydrogen) atoms. The van der Waals surface area contributed by atoms with Crippen LogP contribution in [0.25, 0.3) is 0 Å². The van der Waals surface area contributed by atoms with Gasteiger partial charge in [0, 0.05) is 38.4 Å². The first-order chi connectivity index (χ1) is 10.2. The van der Waals surface area contributed by atoms with Gasteiger partial charge in [0.1, 0.15) is 0 Å². The van der Waals surface area contributed by atoms with Crippen molar-refractivity contribution in [3.8, 4) is 0 Å². The van der Waals surface area contributed by atoms with Crippen molar-refractivity contribution >= 4 is 6.09 Å². The molecule has 0 atom stereocenters. The highest BCUT2D eigenvalue weighted by atomic mass is 16.6. The van der Waals surface area contributed by atoms with E-state index in [2.05, 4.69) is 16.9 Å². The molecule has 1 aromatic rings. The smallest absolute Gasteiger partial charge is 0.409 e. The summed E-state index contributed by atoms with van der Waals surface area (Å²) in [6, 6.07) is 3.12. The van der Waals surface area contributed by atoms with E-state index >= 15 is 0 Å². The Labute approximate surface area is 124 Å². The maximum Gasteiger partial charge on any atom is 0.409 e. The lowest BCUT2D eigenvalue weighted by atomic mass is 10.3. The average Bonchev–Trinajstić information content (AvgIpc) is 2.50. The van der Waals surface area contributed by atoms with Crippen molar-refractivity contribution in [3.05, 3.63) is 28.7 Å². The van der Waals surface area contributed by atoms with E-state index in [-0.39, 0.29) is 11.7 Å². The number of unbranched alkanes of at least 4 members (excludes halogenated alkanes) is 1. The third-order valence-electron chi connectivity index (χ3n) is 3.47. The van der Waals surface area contributed by atoms with Gasteiger partial charge in [-0.2, -0.15) is 5.10 Å². The van der Waals surface area contributed by atoms with Crippen LogP contribution in [-0.2, 0) is 11.4 Å². The lowest BCUT2D eigenvalue weighted by Gasteiger charge is -2.33. The Balaban J connectivity index is 1.77. The standard InChI is InChI=1S/C14H22N4O3/c1-2-3-11-21-14(20)17-9-7-16(8-10-17)12-18-13(19)5-4-6-15-18/h4-6H,2-3,7-12H2,1H3. The summed E-state index contributed by atoms with van der Waals surface area (Å²) in [6.45, 7) is 5.67. The molecule has 0 bridgehead atoms. The number of hydrogen-bond acceptors (Lipinski definition) is 5. The number of carbonyl (C=O) groups excluding carboxylic acids is 1. The summed E-state index contributed by atoms with van der Waals surface area (Å²) >= 11 is 0. The first-order valence-corrected chi connectivity index (χ1v) is 7.37. The number of amides is 1. The summed E-state index contributed by atoms with van der Waals surface area (Å²) in [5.74, 6) is 0. The van der Waals surface area contributed by atoms with Crippen LogP contribution in [0.3, 0.4) is 0 Å². The fourth-order valence-corrected chi connectivity index (χ4v) is 2.15. The van der Waals surface area contributed by atoms with Crippen LogP contribution in [0.2, 0.25) is 0 Å². The number of aromatic nitrogens is 2. The summed E-state index contributed by atoms with van der Waals surface area (Å²) in [5.41, 5.74) is -0.112. The predicted octanol–water partition coefficient (Wildman–Crippen LogP) is 0.755. The van der Waals surface area contributed by atoms with E-state index < -0.39 is 0 Å². The minimum Gasteiger partial charge on any atom is -0.449 e. The van der Waals surface area contributed by atoms with Crippen LogP contribution in [0.5, 0.6) is 0 Å². The summed E-state index contributed by atoms with van der Waals surface area (Å²) in [5, 5.41) is 4.03. The number of ether oxygens (including phenoxy) is 1. The molecule has 7 heteroatoms. The van der Waals surface area contributed by atoms with Gasteiger partial charge in [-0.25, -0.2) is 9.48 Å². The molecule has 0 aromatic carbocycles. The van der Waals surface area contributed by atoms with Gasteiger partial charge >= 0.3 is 6.09 Å². The molecule has 1 saturated heterocycles. The zero-order chi connectivity index (χ0) is 15.1. The highest BCUT2D eigenvalue weighted by molar-refractivity contribution is 5.67. The second-order valence-electron chi connectivity index (χ2n) is 5.08. The minimum atomic E-state index is -0.238. The van der Waals surface area contributed by atoms with E-state index in [0.717, 1.165) is 12.8 Å². The lowest BCUT2D eigenvalue weighted by Crippen LogP contribution is -2.50. The largest absolute Gasteiger partial charge is 0.449 e. The van der Waals surface area contributed by atoms with E-state index in [9.17, 15) is 9.59 Å². The van der Waals surface area contributed by atoms with E-state index in [4.69, 9.17) is 4.74 Å². The van der Waals surface area contributed by atoms with Gasteiger partial charge in [-0.15, -0.1) is 0 Å². The highest BCUT2D eigenvalue weighted by Gasteiger charge is 2.22. The Morgan fingerprint density at radius 2 is 2.10 bits per heavy atom. The second kappa shape index (κ2) is 7.78. The number of carbonyl (C=O) groups is 1. The van der Waals surface area contributed by atoms with Crippen LogP contribution in [0.4, 0.5) is 4.79 Å². The normalized spacial score (nSPS) is 16.0. The van der Waals surface area contributed by atoms with E-state index in [1.54, 1.807) is 17.2 Å². The van der Waals surface area contributed by atoms with Gasteiger partial charge in [0.2, 0.25) is 0 Å². The molecule has 1 aromatic heterocycles. The molecule has 2 heterocycles. The maximum absolute atomic E-state index is 11.8. The zero-order valence-electron chi connectivity index (χ0n) is 12.4. The molecule has 0 saturated carbocycles. The first kappa shape index (κ1) is 15.5. The van der Waals surface area contributed by atoms with Crippen molar-refractivity contribution < 1.29 is 9.53 Å². The van der Waals surface area contributed by atoms with Gasteiger partial charge in [-0.3, -0.25) is 9.69 Å². The quantitative estimate of drug-likeness (QED) is 0.750. The molecule has 1 aliphatic heterocycles. The van der Waals surface area contributed by atoms with E-state index in [0.29, 0.717) is 39.5 Å². The monoisotopic (exact) mass is 294 g/mol. The molecular weight excluding hydrogens is 272 g/mol. The predicted molar refractivity (Wildman–Crippen MR) is 77.9 cm³/mol. The molecule has 0 N–H and O–H groups in total. The fourth-order valence-electron chi connectivity index (χ4n) is 2.15. The van der Waals surface area contributed by atoms with E-state index in [1.165, 1.54) is 10.7 Å². The second-order valence-corrected chi connectivity index (χ2v) is 5.08. The molecule has 0 aliphatic carbocycles. The third kappa shape index (κ3) is 4.56. The van der Waals surface area contributed by atoms with Crippen molar-refractivity contribution in [3.63, 3.8) is 0 Å². The van der Waals surface area contributed by atoms with Crippen molar-refractivity contribution in [1.29, 1.82) is 0 Å². The fraction of sp³-hybridized carbons (Fsp3) is 0.643. The minimum absolute atomic E-state index is 0.112. The Morgan fingerprint density at radius 3 is 2.76 bits per heavy atom. The summed E-state index contributed by atoms with van der Waals surface area (Å²) in [4.78, 5) is 27.2. The van der Waals surface area contributed by atoms with Crippen LogP contribution < -0.4 is 5.56 Å². The van der Waals surface area contributed by atoms with Crippen LogP contribution in [0, 0.1) is 0 Å². The van der Waals surface area contributed by atoms with Crippen molar-refractivity contribution in [2.75, 3.05) is 32.8 Å². The van der Waals surface area contributed by atoms with Gasteiger partial charge < -0.3 is 9.64 Å². The Bertz CT molecular complexity index is 509. The van der Waals surface area contributed by atoms with Crippen LogP contribution in [0.1, 0.15) is 19.8 Å². The molecule has 1 aliphatic rings. The molecule has 0 unspecified atom stereocenters. The Hall–Kier alpha value is -1.89. The van der Waals surface area contributed by atoms with Crippen LogP contribution in [0.15, 0.2) is 23.1 Å². The Morgan fingerprint density at radius 1 is 1.33 bits per heavy atom. The van der Waals surface area contributed by atoms with Crippen molar-refractivity contribution in [1.82, 2.24) is 19.6 Å². The molecule has 0 spiro atoms. The SMILES string of the molecule is CCCCOC(=O)N1CCN(Cn2ncccc2=O)CC1. The zero-order valence-corrected chi connectivity index (χ0v) is 12.4. The number of piperazine rings is 1. The summed E-state index contributed by atoms with van der Waals surface area (Å²) < 4.78 is 6.62. The van der Waals surface area contributed by atoms with Crippen molar-refractivity contribution in [2.24, 2.45) is 0 Å².